The number of hydrogen-bond acceptors (Lipinski definition) is 4. The van der Waals surface area contributed by atoms with Crippen molar-refractivity contribution in [1.82, 2.24) is 4.98 Å². The summed E-state index contributed by atoms with van der Waals surface area (Å²) in [5.74, 6) is 0. The van der Waals surface area contributed by atoms with Gasteiger partial charge in [0.25, 0.3) is 0 Å². The molecule has 0 aliphatic rings. The Balaban J connectivity index is 2.42. The lowest BCUT2D eigenvalue weighted by Gasteiger charge is -1.99. The highest BCUT2D eigenvalue weighted by atomic mass is 79.9. The highest BCUT2D eigenvalue weighted by molar-refractivity contribution is 9.11. The lowest BCUT2D eigenvalue weighted by atomic mass is 10.2. The first-order valence-electron chi connectivity index (χ1n) is 4.21. The number of aromatic nitrogens is 1. The second-order valence-electron chi connectivity index (χ2n) is 2.95. The van der Waals surface area contributed by atoms with Crippen LogP contribution in [0, 0.1) is 0 Å². The third-order valence-electron chi connectivity index (χ3n) is 1.93. The first-order valence-corrected chi connectivity index (χ1v) is 6.92. The standard InChI is InChI=1S/C9H7BrN2O2S2/c10-8-7(12-9(11)15-8)5-1-3-6(4-2-5)16(13)14/h1-4H,(H2,11,12)(H,13,14). The molecular weight excluding hydrogens is 312 g/mol. The van der Waals surface area contributed by atoms with E-state index in [1.165, 1.54) is 11.3 Å². The quantitative estimate of drug-likeness (QED) is 0.835. The minimum atomic E-state index is -1.95. The van der Waals surface area contributed by atoms with E-state index in [4.69, 9.17) is 10.3 Å². The molecular formula is C9H7BrN2O2S2. The zero-order valence-electron chi connectivity index (χ0n) is 7.88. The molecule has 1 atom stereocenters. The molecule has 84 valence electrons. The average molecular weight is 319 g/mol. The molecule has 1 aromatic heterocycles. The van der Waals surface area contributed by atoms with Crippen LogP contribution in [-0.2, 0) is 11.1 Å². The molecule has 0 fully saturated rings. The molecule has 2 rings (SSSR count). The van der Waals surface area contributed by atoms with E-state index in [2.05, 4.69) is 20.9 Å². The van der Waals surface area contributed by atoms with Crippen LogP contribution in [-0.4, -0.2) is 13.7 Å². The summed E-state index contributed by atoms with van der Waals surface area (Å²) in [5.41, 5.74) is 7.19. The average Bonchev–Trinajstić information content (AvgIpc) is 2.58. The fourth-order valence-corrected chi connectivity index (χ4v) is 2.99. The number of benzene rings is 1. The molecule has 1 unspecified atom stereocenters. The van der Waals surface area contributed by atoms with Crippen molar-refractivity contribution in [2.45, 2.75) is 4.90 Å². The lowest BCUT2D eigenvalue weighted by molar-refractivity contribution is 0.564. The predicted molar refractivity (Wildman–Crippen MR) is 68.7 cm³/mol. The first-order chi connectivity index (χ1) is 7.58. The number of nitrogen functional groups attached to an aromatic ring is 1. The molecule has 0 bridgehead atoms. The van der Waals surface area contributed by atoms with Gasteiger partial charge in [0.1, 0.15) is 0 Å². The summed E-state index contributed by atoms with van der Waals surface area (Å²) in [6, 6.07) is 6.66. The molecule has 0 spiro atoms. The molecule has 0 saturated carbocycles. The topological polar surface area (TPSA) is 76.2 Å². The van der Waals surface area contributed by atoms with Gasteiger partial charge in [0.05, 0.1) is 14.4 Å². The number of thiazole rings is 1. The predicted octanol–water partition coefficient (Wildman–Crippen LogP) is 2.74. The van der Waals surface area contributed by atoms with Crippen molar-refractivity contribution in [2.75, 3.05) is 5.73 Å². The van der Waals surface area contributed by atoms with E-state index in [0.29, 0.717) is 10.0 Å². The maximum Gasteiger partial charge on any atom is 0.186 e. The van der Waals surface area contributed by atoms with Crippen LogP contribution in [0.1, 0.15) is 0 Å². The van der Waals surface area contributed by atoms with Crippen molar-refractivity contribution in [1.29, 1.82) is 0 Å². The maximum atomic E-state index is 10.8. The van der Waals surface area contributed by atoms with Gasteiger partial charge in [-0.15, -0.1) is 0 Å². The fourth-order valence-electron chi connectivity index (χ4n) is 1.22. The van der Waals surface area contributed by atoms with E-state index in [0.717, 1.165) is 15.0 Å². The molecule has 3 N–H and O–H groups in total. The summed E-state index contributed by atoms with van der Waals surface area (Å²) >= 11 is 2.77. The van der Waals surface area contributed by atoms with Crippen molar-refractivity contribution in [2.24, 2.45) is 0 Å². The third kappa shape index (κ3) is 2.32. The molecule has 0 aliphatic carbocycles. The molecule has 0 aliphatic heterocycles. The Bertz CT molecular complexity index is 539. The van der Waals surface area contributed by atoms with Crippen LogP contribution < -0.4 is 5.73 Å². The summed E-state index contributed by atoms with van der Waals surface area (Å²) in [4.78, 5) is 4.53. The van der Waals surface area contributed by atoms with Crippen LogP contribution in [0.4, 0.5) is 5.13 Å². The number of nitrogens with two attached hydrogens (primary N) is 1. The minimum Gasteiger partial charge on any atom is -0.375 e. The largest absolute Gasteiger partial charge is 0.375 e. The van der Waals surface area contributed by atoms with E-state index < -0.39 is 11.1 Å². The van der Waals surface area contributed by atoms with Gasteiger partial charge in [-0.2, -0.15) is 0 Å². The summed E-state index contributed by atoms with van der Waals surface area (Å²) in [7, 11) is 0. The third-order valence-corrected chi connectivity index (χ3v) is 4.14. The van der Waals surface area contributed by atoms with E-state index in [-0.39, 0.29) is 0 Å². The van der Waals surface area contributed by atoms with Crippen LogP contribution in [0.2, 0.25) is 0 Å². The molecule has 0 amide bonds. The highest BCUT2D eigenvalue weighted by Crippen LogP contribution is 2.34. The van der Waals surface area contributed by atoms with E-state index >= 15 is 0 Å². The van der Waals surface area contributed by atoms with Crippen LogP contribution in [0.25, 0.3) is 11.3 Å². The van der Waals surface area contributed by atoms with Crippen LogP contribution in [0.5, 0.6) is 0 Å². The second-order valence-corrected chi connectivity index (χ2v) is 6.27. The Morgan fingerprint density at radius 1 is 1.38 bits per heavy atom. The fraction of sp³-hybridized carbons (Fsp3) is 0. The van der Waals surface area contributed by atoms with Crippen molar-refractivity contribution >= 4 is 43.5 Å². The van der Waals surface area contributed by atoms with Crippen molar-refractivity contribution in [3.63, 3.8) is 0 Å². The highest BCUT2D eigenvalue weighted by Gasteiger charge is 2.09. The number of rotatable bonds is 2. The summed E-state index contributed by atoms with van der Waals surface area (Å²) in [5, 5.41) is 0.483. The van der Waals surface area contributed by atoms with Gasteiger partial charge in [-0.25, -0.2) is 9.19 Å². The van der Waals surface area contributed by atoms with Crippen LogP contribution >= 0.6 is 27.3 Å². The molecule has 7 heteroatoms. The molecule has 4 nitrogen and oxygen atoms in total. The summed E-state index contributed by atoms with van der Waals surface area (Å²) < 4.78 is 20.5. The van der Waals surface area contributed by atoms with Gasteiger partial charge in [0.2, 0.25) is 0 Å². The Morgan fingerprint density at radius 2 is 2.00 bits per heavy atom. The Kier molecular flexibility index (Phi) is 3.38. The molecule has 0 saturated heterocycles. The molecule has 16 heavy (non-hydrogen) atoms. The van der Waals surface area contributed by atoms with Crippen molar-refractivity contribution in [3.8, 4) is 11.3 Å². The van der Waals surface area contributed by atoms with Crippen LogP contribution in [0.3, 0.4) is 0 Å². The number of halogens is 1. The number of anilines is 1. The molecule has 1 aromatic carbocycles. The second kappa shape index (κ2) is 4.62. The number of hydrogen-bond donors (Lipinski definition) is 2. The Labute approximate surface area is 107 Å². The summed E-state index contributed by atoms with van der Waals surface area (Å²) in [6.45, 7) is 0. The van der Waals surface area contributed by atoms with Gasteiger partial charge in [-0.1, -0.05) is 23.5 Å². The zero-order valence-corrected chi connectivity index (χ0v) is 11.1. The van der Waals surface area contributed by atoms with Gasteiger partial charge >= 0.3 is 0 Å². The van der Waals surface area contributed by atoms with E-state index in [1.807, 2.05) is 0 Å². The molecule has 0 radical (unpaired) electrons. The van der Waals surface area contributed by atoms with E-state index in [1.54, 1.807) is 24.3 Å². The van der Waals surface area contributed by atoms with Gasteiger partial charge in [-0.05, 0) is 28.1 Å². The Hall–Kier alpha value is -0.760. The number of nitrogens with zero attached hydrogens (tertiary/aromatic N) is 1. The Morgan fingerprint density at radius 3 is 2.44 bits per heavy atom. The van der Waals surface area contributed by atoms with Crippen molar-refractivity contribution in [3.05, 3.63) is 28.1 Å². The van der Waals surface area contributed by atoms with Gasteiger partial charge in [0, 0.05) is 5.56 Å². The minimum absolute atomic E-state index is 0.364. The smallest absolute Gasteiger partial charge is 0.186 e. The van der Waals surface area contributed by atoms with Gasteiger partial charge in [0.15, 0.2) is 16.2 Å². The molecule has 1 heterocycles. The lowest BCUT2D eigenvalue weighted by Crippen LogP contribution is -1.88. The summed E-state index contributed by atoms with van der Waals surface area (Å²) in [6.07, 6.45) is 0. The normalized spacial score (nSPS) is 12.6. The van der Waals surface area contributed by atoms with Gasteiger partial charge in [-0.3, -0.25) is 0 Å². The van der Waals surface area contributed by atoms with Crippen molar-refractivity contribution < 1.29 is 8.76 Å². The SMILES string of the molecule is Nc1nc(-c2ccc(S(=O)O)cc2)c(Br)s1. The van der Waals surface area contributed by atoms with E-state index in [9.17, 15) is 4.21 Å². The monoisotopic (exact) mass is 318 g/mol. The molecule has 2 aromatic rings. The zero-order chi connectivity index (χ0) is 11.7. The first kappa shape index (κ1) is 11.7. The maximum absolute atomic E-state index is 10.8. The van der Waals surface area contributed by atoms with Gasteiger partial charge < -0.3 is 10.3 Å². The van der Waals surface area contributed by atoms with Crippen LogP contribution in [0.15, 0.2) is 32.9 Å².